The summed E-state index contributed by atoms with van der Waals surface area (Å²) >= 11 is 1.76. The van der Waals surface area contributed by atoms with E-state index < -0.39 is 0 Å². The van der Waals surface area contributed by atoms with Crippen molar-refractivity contribution in [2.75, 3.05) is 46.4 Å². The van der Waals surface area contributed by atoms with E-state index in [0.29, 0.717) is 12.5 Å². The minimum atomic E-state index is 0.648. The molecule has 2 N–H and O–H groups in total. The van der Waals surface area contributed by atoms with Crippen LogP contribution in [0.4, 0.5) is 0 Å². The molecule has 0 aromatic carbocycles. The summed E-state index contributed by atoms with van der Waals surface area (Å²) in [6.45, 7) is 11.0. The van der Waals surface area contributed by atoms with Crippen LogP contribution in [-0.2, 0) is 17.7 Å². The molecule has 1 aliphatic rings. The van der Waals surface area contributed by atoms with E-state index in [4.69, 9.17) is 4.74 Å². The molecule has 0 unspecified atom stereocenters. The molecule has 1 saturated heterocycles. The summed E-state index contributed by atoms with van der Waals surface area (Å²) < 4.78 is 5.17. The number of thiazole rings is 1. The summed E-state index contributed by atoms with van der Waals surface area (Å²) in [6, 6.07) is 0. The van der Waals surface area contributed by atoms with Crippen LogP contribution in [0, 0.1) is 5.92 Å². The Labute approximate surface area is 156 Å². The predicted molar refractivity (Wildman–Crippen MR) is 105 cm³/mol. The Balaban J connectivity index is 1.74. The average Bonchev–Trinajstić information content (AvgIpc) is 3.11. The number of aliphatic imine (C=N–C) groups is 1. The highest BCUT2D eigenvalue weighted by Gasteiger charge is 2.19. The second kappa shape index (κ2) is 11.4. The van der Waals surface area contributed by atoms with Gasteiger partial charge in [-0.3, -0.25) is 0 Å². The lowest BCUT2D eigenvalue weighted by atomic mass is 9.97. The Morgan fingerprint density at radius 1 is 1.36 bits per heavy atom. The van der Waals surface area contributed by atoms with E-state index in [1.165, 1.54) is 30.8 Å². The topological polar surface area (TPSA) is 61.8 Å². The fraction of sp³-hybridized carbons (Fsp3) is 0.778. The van der Waals surface area contributed by atoms with Gasteiger partial charge in [-0.25, -0.2) is 9.98 Å². The van der Waals surface area contributed by atoms with Gasteiger partial charge >= 0.3 is 0 Å². The smallest absolute Gasteiger partial charge is 0.191 e. The van der Waals surface area contributed by atoms with Gasteiger partial charge in [0.05, 0.1) is 13.2 Å². The summed E-state index contributed by atoms with van der Waals surface area (Å²) in [4.78, 5) is 12.9. The molecule has 1 aromatic rings. The summed E-state index contributed by atoms with van der Waals surface area (Å²) in [7, 11) is 1.77. The van der Waals surface area contributed by atoms with E-state index in [-0.39, 0.29) is 0 Å². The number of likely N-dealkylation sites (tertiary alicyclic amines) is 1. The first kappa shape index (κ1) is 20.1. The molecule has 142 valence electrons. The number of methoxy groups -OCH3 is 1. The lowest BCUT2D eigenvalue weighted by Gasteiger charge is -2.32. The Hall–Kier alpha value is -1.18. The van der Waals surface area contributed by atoms with Crippen LogP contribution in [0.2, 0.25) is 0 Å². The maximum Gasteiger partial charge on any atom is 0.191 e. The lowest BCUT2D eigenvalue weighted by molar-refractivity contribution is 0.121. The summed E-state index contributed by atoms with van der Waals surface area (Å²) in [5.41, 5.74) is 0. The van der Waals surface area contributed by atoms with Crippen molar-refractivity contribution in [3.63, 3.8) is 0 Å². The summed E-state index contributed by atoms with van der Waals surface area (Å²) in [6.07, 6.45) is 5.49. The Morgan fingerprint density at radius 3 is 2.80 bits per heavy atom. The molecule has 0 bridgehead atoms. The molecular formula is C18H33N5OS. The van der Waals surface area contributed by atoms with Crippen LogP contribution in [0.5, 0.6) is 0 Å². The van der Waals surface area contributed by atoms with Crippen molar-refractivity contribution >= 4 is 17.3 Å². The van der Waals surface area contributed by atoms with E-state index in [0.717, 1.165) is 43.6 Å². The molecule has 0 amide bonds. The zero-order chi connectivity index (χ0) is 17.9. The lowest BCUT2D eigenvalue weighted by Crippen LogP contribution is -2.43. The largest absolute Gasteiger partial charge is 0.383 e. The van der Waals surface area contributed by atoms with Crippen molar-refractivity contribution in [1.29, 1.82) is 0 Å². The SMILES string of the molecule is CCNC(=NCc1ncc(CC)s1)NCC1CCN(CCOC)CC1. The van der Waals surface area contributed by atoms with Crippen LogP contribution >= 0.6 is 11.3 Å². The zero-order valence-electron chi connectivity index (χ0n) is 15.9. The fourth-order valence-corrected chi connectivity index (χ4v) is 3.74. The number of ether oxygens (including phenoxy) is 1. The predicted octanol–water partition coefficient (Wildman–Crippen LogP) is 2.12. The molecular weight excluding hydrogens is 334 g/mol. The number of rotatable bonds is 9. The van der Waals surface area contributed by atoms with Crippen LogP contribution in [0.3, 0.4) is 0 Å². The molecule has 0 aliphatic carbocycles. The van der Waals surface area contributed by atoms with Gasteiger partial charge in [-0.1, -0.05) is 6.92 Å². The van der Waals surface area contributed by atoms with E-state index >= 15 is 0 Å². The number of nitrogens with zero attached hydrogens (tertiary/aromatic N) is 3. The van der Waals surface area contributed by atoms with Crippen molar-refractivity contribution in [1.82, 2.24) is 20.5 Å². The average molecular weight is 368 g/mol. The van der Waals surface area contributed by atoms with Crippen LogP contribution < -0.4 is 10.6 Å². The zero-order valence-corrected chi connectivity index (χ0v) is 16.7. The number of piperidine rings is 1. The highest BCUT2D eigenvalue weighted by atomic mass is 32.1. The maximum absolute atomic E-state index is 5.17. The molecule has 0 spiro atoms. The van der Waals surface area contributed by atoms with Gasteiger partial charge in [-0.15, -0.1) is 11.3 Å². The number of aromatic nitrogens is 1. The maximum atomic E-state index is 5.17. The first-order valence-electron chi connectivity index (χ1n) is 9.42. The summed E-state index contributed by atoms with van der Waals surface area (Å²) in [5.74, 6) is 1.62. The summed E-state index contributed by atoms with van der Waals surface area (Å²) in [5, 5.41) is 7.93. The number of hydrogen-bond acceptors (Lipinski definition) is 5. The molecule has 25 heavy (non-hydrogen) atoms. The van der Waals surface area contributed by atoms with E-state index in [2.05, 4.69) is 39.4 Å². The molecule has 1 aliphatic heterocycles. The van der Waals surface area contributed by atoms with Gasteiger partial charge in [0.15, 0.2) is 5.96 Å². The van der Waals surface area contributed by atoms with Crippen LogP contribution in [0.1, 0.15) is 36.6 Å². The van der Waals surface area contributed by atoms with Crippen molar-refractivity contribution in [3.05, 3.63) is 16.1 Å². The van der Waals surface area contributed by atoms with Gasteiger partial charge in [0, 0.05) is 37.8 Å². The molecule has 0 radical (unpaired) electrons. The third kappa shape index (κ3) is 7.30. The highest BCUT2D eigenvalue weighted by molar-refractivity contribution is 7.11. The van der Waals surface area contributed by atoms with E-state index in [9.17, 15) is 0 Å². The fourth-order valence-electron chi connectivity index (χ4n) is 2.95. The minimum absolute atomic E-state index is 0.648. The third-order valence-corrected chi connectivity index (χ3v) is 5.67. The van der Waals surface area contributed by atoms with Gasteiger partial charge in [-0.05, 0) is 45.2 Å². The van der Waals surface area contributed by atoms with Crippen LogP contribution in [0.25, 0.3) is 0 Å². The first-order valence-corrected chi connectivity index (χ1v) is 10.2. The Morgan fingerprint density at radius 2 is 2.16 bits per heavy atom. The highest BCUT2D eigenvalue weighted by Crippen LogP contribution is 2.16. The Kier molecular flexibility index (Phi) is 9.21. The molecule has 2 rings (SSSR count). The molecule has 0 atom stereocenters. The van der Waals surface area contributed by atoms with E-state index in [1.54, 1.807) is 18.4 Å². The monoisotopic (exact) mass is 367 g/mol. The van der Waals surface area contributed by atoms with Gasteiger partial charge in [0.2, 0.25) is 0 Å². The number of guanidine groups is 1. The number of aryl methyl sites for hydroxylation is 1. The van der Waals surface area contributed by atoms with Gasteiger partial charge in [0.1, 0.15) is 5.01 Å². The van der Waals surface area contributed by atoms with Crippen LogP contribution in [-0.4, -0.2) is 62.3 Å². The minimum Gasteiger partial charge on any atom is -0.383 e. The molecule has 6 nitrogen and oxygen atoms in total. The Bertz CT molecular complexity index is 511. The second-order valence-electron chi connectivity index (χ2n) is 6.43. The molecule has 0 saturated carbocycles. The van der Waals surface area contributed by atoms with Crippen LogP contribution in [0.15, 0.2) is 11.2 Å². The van der Waals surface area contributed by atoms with Gasteiger partial charge in [0.25, 0.3) is 0 Å². The quantitative estimate of drug-likeness (QED) is 0.517. The normalized spacial score (nSPS) is 17.0. The standard InChI is InChI=1S/C18H33N5OS/c1-4-16-13-20-17(25-16)14-22-18(19-5-2)21-12-15-6-8-23(9-7-15)10-11-24-3/h13,15H,4-12,14H2,1-3H3,(H2,19,21,22). The van der Waals surface area contributed by atoms with Crippen molar-refractivity contribution in [3.8, 4) is 0 Å². The first-order chi connectivity index (χ1) is 12.2. The van der Waals surface area contributed by atoms with Crippen molar-refractivity contribution < 1.29 is 4.74 Å². The third-order valence-electron chi connectivity index (χ3n) is 4.54. The van der Waals surface area contributed by atoms with E-state index in [1.807, 2.05) is 6.20 Å². The molecule has 7 heteroatoms. The second-order valence-corrected chi connectivity index (χ2v) is 7.63. The number of nitrogens with one attached hydrogen (secondary N) is 2. The van der Waals surface area contributed by atoms with Crippen molar-refractivity contribution in [2.45, 2.75) is 39.7 Å². The molecule has 2 heterocycles. The molecule has 1 aromatic heterocycles. The van der Waals surface area contributed by atoms with Gasteiger partial charge in [-0.2, -0.15) is 0 Å². The van der Waals surface area contributed by atoms with Crippen molar-refractivity contribution in [2.24, 2.45) is 10.9 Å². The van der Waals surface area contributed by atoms with Gasteiger partial charge < -0.3 is 20.3 Å². The number of hydrogen-bond donors (Lipinski definition) is 2. The molecule has 1 fully saturated rings.